The summed E-state index contributed by atoms with van der Waals surface area (Å²) in [7, 11) is 0. The number of hydrogen-bond acceptors (Lipinski definition) is 2. The van der Waals surface area contributed by atoms with E-state index >= 15 is 0 Å². The highest BCUT2D eigenvalue weighted by Gasteiger charge is 2.12. The lowest BCUT2D eigenvalue weighted by Crippen LogP contribution is -1.93. The molecular formula is C27H28N2. The van der Waals surface area contributed by atoms with Crippen molar-refractivity contribution in [2.24, 2.45) is 0 Å². The Labute approximate surface area is 173 Å². The van der Waals surface area contributed by atoms with Gasteiger partial charge in [-0.1, -0.05) is 61.7 Å². The van der Waals surface area contributed by atoms with Gasteiger partial charge in [-0.2, -0.15) is 0 Å². The van der Waals surface area contributed by atoms with Gasteiger partial charge < -0.3 is 0 Å². The Morgan fingerprint density at radius 1 is 0.931 bits per heavy atom. The number of benzene rings is 1. The van der Waals surface area contributed by atoms with Gasteiger partial charge in [-0.05, 0) is 67.5 Å². The summed E-state index contributed by atoms with van der Waals surface area (Å²) in [6.07, 6.45) is 19.2. The van der Waals surface area contributed by atoms with Crippen LogP contribution in [0.15, 0.2) is 86.3 Å². The molecule has 0 bridgehead atoms. The number of allylic oxidation sites excluding steroid dienone is 8. The number of fused-ring (bicyclic) bond motifs is 3. The van der Waals surface area contributed by atoms with E-state index in [4.69, 9.17) is 0 Å². The highest BCUT2D eigenvalue weighted by atomic mass is 14.7. The zero-order valence-corrected chi connectivity index (χ0v) is 17.4. The highest BCUT2D eigenvalue weighted by Crippen LogP contribution is 2.33. The maximum atomic E-state index is 4.68. The fourth-order valence-corrected chi connectivity index (χ4v) is 3.66. The number of rotatable bonds is 8. The van der Waals surface area contributed by atoms with Gasteiger partial charge in [0.25, 0.3) is 0 Å². The Bertz CT molecular complexity index is 1130. The van der Waals surface area contributed by atoms with E-state index in [0.717, 1.165) is 57.8 Å². The fourth-order valence-electron chi connectivity index (χ4n) is 3.66. The minimum absolute atomic E-state index is 0.919. The zero-order chi connectivity index (χ0) is 20.6. The van der Waals surface area contributed by atoms with Crippen LogP contribution in [0.25, 0.3) is 33.0 Å². The summed E-state index contributed by atoms with van der Waals surface area (Å²) < 4.78 is 0. The van der Waals surface area contributed by atoms with Gasteiger partial charge in [0.2, 0.25) is 0 Å². The van der Waals surface area contributed by atoms with Crippen LogP contribution < -0.4 is 0 Å². The molecule has 0 N–H and O–H groups in total. The third kappa shape index (κ3) is 4.43. The molecule has 0 radical (unpaired) electrons. The van der Waals surface area contributed by atoms with Crippen molar-refractivity contribution in [1.82, 2.24) is 9.97 Å². The van der Waals surface area contributed by atoms with E-state index in [9.17, 15) is 0 Å². The minimum Gasteiger partial charge on any atom is -0.254 e. The Kier molecular flexibility index (Phi) is 6.91. The van der Waals surface area contributed by atoms with Crippen LogP contribution in [0.4, 0.5) is 0 Å². The monoisotopic (exact) mass is 380 g/mol. The molecule has 0 aliphatic rings. The summed E-state index contributed by atoms with van der Waals surface area (Å²) in [5.74, 6) is 0. The Hall–Kier alpha value is -3.26. The molecule has 2 heteroatoms. The average molecular weight is 381 g/mol. The number of pyridine rings is 2. The second-order valence-corrected chi connectivity index (χ2v) is 7.00. The van der Waals surface area contributed by atoms with Gasteiger partial charge in [0.05, 0.1) is 11.0 Å². The predicted octanol–water partition coefficient (Wildman–Crippen LogP) is 7.69. The van der Waals surface area contributed by atoms with Crippen LogP contribution in [0.2, 0.25) is 0 Å². The van der Waals surface area contributed by atoms with E-state index in [1.54, 1.807) is 0 Å². The summed E-state index contributed by atoms with van der Waals surface area (Å²) in [6.45, 7) is 12.3. The van der Waals surface area contributed by atoms with Gasteiger partial charge in [-0.15, -0.1) is 0 Å². The number of hydrogen-bond donors (Lipinski definition) is 0. The molecule has 0 aliphatic heterocycles. The van der Waals surface area contributed by atoms with E-state index in [-0.39, 0.29) is 0 Å². The molecular weight excluding hydrogens is 352 g/mol. The molecule has 0 spiro atoms. The van der Waals surface area contributed by atoms with Crippen molar-refractivity contribution < 1.29 is 0 Å². The van der Waals surface area contributed by atoms with Gasteiger partial charge in [0.1, 0.15) is 0 Å². The van der Waals surface area contributed by atoms with E-state index < -0.39 is 0 Å². The van der Waals surface area contributed by atoms with Gasteiger partial charge in [-0.3, -0.25) is 9.97 Å². The van der Waals surface area contributed by atoms with Gasteiger partial charge in [-0.25, -0.2) is 0 Å². The molecule has 2 nitrogen and oxygen atoms in total. The normalized spacial score (nSPS) is 12.4. The average Bonchev–Trinajstić information content (AvgIpc) is 2.75. The molecule has 146 valence electrons. The van der Waals surface area contributed by atoms with Crippen LogP contribution in [0, 0.1) is 0 Å². The van der Waals surface area contributed by atoms with Crippen LogP contribution >= 0.6 is 0 Å². The second kappa shape index (κ2) is 9.79. The van der Waals surface area contributed by atoms with Crippen molar-refractivity contribution in [3.8, 4) is 0 Å². The van der Waals surface area contributed by atoms with Crippen molar-refractivity contribution in [3.05, 3.63) is 97.4 Å². The van der Waals surface area contributed by atoms with Gasteiger partial charge in [0, 0.05) is 23.2 Å². The molecule has 29 heavy (non-hydrogen) atoms. The summed E-state index contributed by atoms with van der Waals surface area (Å²) in [6, 6.07) is 8.43. The van der Waals surface area contributed by atoms with Crippen LogP contribution in [0.5, 0.6) is 0 Å². The van der Waals surface area contributed by atoms with E-state index in [1.165, 1.54) is 5.56 Å². The molecule has 2 aromatic heterocycles. The standard InChI is InChI=1S/C27H28N2/c1-5-8-9-10-13-20(4)22-16-18-28-26-24(22)14-15-25-23(17-19-29-27(25)26)21(11-6-2)12-7-3/h5-8,11-12,14-19H,2,4,9-10,13H2,1,3H3/b8-5-,12-7-,21-11+. The number of unbranched alkanes of at least 4 members (excludes halogenated alkanes) is 1. The first-order chi connectivity index (χ1) is 14.2. The maximum Gasteiger partial charge on any atom is 0.0970 e. The summed E-state index contributed by atoms with van der Waals surface area (Å²) in [4.78, 5) is 9.36. The Balaban J connectivity index is 2.12. The van der Waals surface area contributed by atoms with Crippen LogP contribution in [-0.2, 0) is 0 Å². The lowest BCUT2D eigenvalue weighted by molar-refractivity contribution is 0.880. The van der Waals surface area contributed by atoms with E-state index in [0.29, 0.717) is 0 Å². The van der Waals surface area contributed by atoms with Gasteiger partial charge >= 0.3 is 0 Å². The molecule has 3 rings (SSSR count). The van der Waals surface area contributed by atoms with Crippen molar-refractivity contribution in [2.45, 2.75) is 33.1 Å². The second-order valence-electron chi connectivity index (χ2n) is 7.00. The number of aromatic nitrogens is 2. The molecule has 0 atom stereocenters. The molecule has 0 saturated carbocycles. The van der Waals surface area contributed by atoms with Crippen molar-refractivity contribution in [1.29, 1.82) is 0 Å². The quantitative estimate of drug-likeness (QED) is 0.173. The number of nitrogens with zero attached hydrogens (tertiary/aromatic N) is 2. The first-order valence-corrected chi connectivity index (χ1v) is 10.1. The Morgan fingerprint density at radius 3 is 2.21 bits per heavy atom. The largest absolute Gasteiger partial charge is 0.254 e. The fraction of sp³-hybridized carbons (Fsp3) is 0.185. The van der Waals surface area contributed by atoms with E-state index in [2.05, 4.69) is 66.5 Å². The van der Waals surface area contributed by atoms with Crippen molar-refractivity contribution in [3.63, 3.8) is 0 Å². The molecule has 0 saturated heterocycles. The minimum atomic E-state index is 0.919. The summed E-state index contributed by atoms with van der Waals surface area (Å²) >= 11 is 0. The van der Waals surface area contributed by atoms with Gasteiger partial charge in [0.15, 0.2) is 0 Å². The first-order valence-electron chi connectivity index (χ1n) is 10.1. The molecule has 0 unspecified atom stereocenters. The van der Waals surface area contributed by atoms with Crippen LogP contribution in [-0.4, -0.2) is 9.97 Å². The predicted molar refractivity (Wildman–Crippen MR) is 128 cm³/mol. The van der Waals surface area contributed by atoms with Crippen molar-refractivity contribution in [2.75, 3.05) is 0 Å². The first kappa shape index (κ1) is 20.5. The zero-order valence-electron chi connectivity index (χ0n) is 17.4. The van der Waals surface area contributed by atoms with E-state index in [1.807, 2.05) is 43.6 Å². The summed E-state index contributed by atoms with van der Waals surface area (Å²) in [5, 5.41) is 2.20. The van der Waals surface area contributed by atoms with Crippen LogP contribution in [0.3, 0.4) is 0 Å². The summed E-state index contributed by atoms with van der Waals surface area (Å²) in [5.41, 5.74) is 6.41. The molecule has 2 heterocycles. The molecule has 0 fully saturated rings. The van der Waals surface area contributed by atoms with Crippen LogP contribution in [0.1, 0.15) is 44.2 Å². The third-order valence-corrected chi connectivity index (χ3v) is 5.04. The topological polar surface area (TPSA) is 25.8 Å². The lowest BCUT2D eigenvalue weighted by Gasteiger charge is -2.12. The SMILES string of the molecule is C=C/C=C(\C=C/C)c1ccnc2c1ccc1c(C(=C)CCC/C=C\C)ccnc12. The molecule has 0 aliphatic carbocycles. The highest BCUT2D eigenvalue weighted by molar-refractivity contribution is 6.09. The molecule has 1 aromatic carbocycles. The third-order valence-electron chi connectivity index (χ3n) is 5.04. The molecule has 3 aromatic rings. The maximum absolute atomic E-state index is 4.68. The lowest BCUT2D eigenvalue weighted by atomic mass is 9.95. The van der Waals surface area contributed by atoms with Crippen molar-refractivity contribution >= 4 is 33.0 Å². The Morgan fingerprint density at radius 2 is 1.59 bits per heavy atom. The smallest absolute Gasteiger partial charge is 0.0970 e. The molecule has 0 amide bonds.